The van der Waals surface area contributed by atoms with Crippen LogP contribution < -0.4 is 21.1 Å². The average Bonchev–Trinajstić information content (AvgIpc) is 2.75. The maximum absolute atomic E-state index is 11.8. The second kappa shape index (κ2) is 10.4. The van der Waals surface area contributed by atoms with Crippen LogP contribution in [0.25, 0.3) is 0 Å². The molecule has 1 aromatic heterocycles. The molecule has 7 heteroatoms. The van der Waals surface area contributed by atoms with Gasteiger partial charge >= 0.3 is 0 Å². The van der Waals surface area contributed by atoms with Gasteiger partial charge in [-0.15, -0.1) is 0 Å². The highest BCUT2D eigenvalue weighted by Crippen LogP contribution is 2.26. The molecule has 3 rings (SSSR count). The third-order valence-electron chi connectivity index (χ3n) is 4.87. The summed E-state index contributed by atoms with van der Waals surface area (Å²) in [5.74, 6) is 0.872. The summed E-state index contributed by atoms with van der Waals surface area (Å²) in [5.41, 5.74) is 9.29. The summed E-state index contributed by atoms with van der Waals surface area (Å²) < 4.78 is 5.77. The number of anilines is 4. The van der Waals surface area contributed by atoms with Crippen molar-refractivity contribution in [2.45, 2.75) is 13.8 Å². The van der Waals surface area contributed by atoms with E-state index in [2.05, 4.69) is 34.5 Å². The Hall–Kier alpha value is -3.58. The minimum atomic E-state index is -0.538. The van der Waals surface area contributed by atoms with Crippen molar-refractivity contribution in [3.05, 3.63) is 71.9 Å². The van der Waals surface area contributed by atoms with Crippen molar-refractivity contribution >= 4 is 28.8 Å². The maximum atomic E-state index is 11.8. The number of benzene rings is 2. The van der Waals surface area contributed by atoms with Gasteiger partial charge in [-0.2, -0.15) is 0 Å². The smallest absolute Gasteiger partial charge is 0.252 e. The summed E-state index contributed by atoms with van der Waals surface area (Å²) in [5, 5.41) is 6.51. The highest BCUT2D eigenvalue weighted by atomic mass is 16.5. The molecular formula is C24H29N5O2. The number of carbonyl (C=O) groups is 1. The van der Waals surface area contributed by atoms with Crippen LogP contribution in [0.15, 0.2) is 60.8 Å². The molecule has 0 radical (unpaired) electrons. The highest BCUT2D eigenvalue weighted by Gasteiger charge is 2.11. The van der Waals surface area contributed by atoms with E-state index in [0.29, 0.717) is 23.7 Å². The van der Waals surface area contributed by atoms with Gasteiger partial charge in [-0.05, 0) is 62.5 Å². The fourth-order valence-corrected chi connectivity index (χ4v) is 2.96. The third-order valence-corrected chi connectivity index (χ3v) is 4.87. The van der Waals surface area contributed by atoms with E-state index in [-0.39, 0.29) is 0 Å². The first kappa shape index (κ1) is 22.1. The van der Waals surface area contributed by atoms with Crippen molar-refractivity contribution in [3.63, 3.8) is 0 Å². The van der Waals surface area contributed by atoms with Gasteiger partial charge in [0.2, 0.25) is 0 Å². The number of nitrogens with zero attached hydrogens (tertiary/aromatic N) is 2. The summed E-state index contributed by atoms with van der Waals surface area (Å²) in [6.07, 6.45) is 1.48. The molecule has 0 saturated carbocycles. The van der Waals surface area contributed by atoms with E-state index < -0.39 is 5.91 Å². The number of aromatic nitrogens is 1. The van der Waals surface area contributed by atoms with Crippen LogP contribution in [0.5, 0.6) is 5.75 Å². The van der Waals surface area contributed by atoms with E-state index in [1.807, 2.05) is 55.5 Å². The van der Waals surface area contributed by atoms with Gasteiger partial charge in [-0.3, -0.25) is 4.79 Å². The van der Waals surface area contributed by atoms with Gasteiger partial charge < -0.3 is 26.0 Å². The van der Waals surface area contributed by atoms with Gasteiger partial charge in [0.25, 0.3) is 5.91 Å². The third kappa shape index (κ3) is 6.45. The van der Waals surface area contributed by atoms with E-state index in [9.17, 15) is 4.79 Å². The first-order chi connectivity index (χ1) is 14.9. The Morgan fingerprint density at radius 2 is 1.87 bits per heavy atom. The number of aryl methyl sites for hydroxylation is 1. The van der Waals surface area contributed by atoms with Crippen LogP contribution in [0.4, 0.5) is 22.9 Å². The Bertz CT molecular complexity index is 1020. The minimum Gasteiger partial charge on any atom is -0.492 e. The van der Waals surface area contributed by atoms with Crippen molar-refractivity contribution in [2.75, 3.05) is 37.4 Å². The molecule has 3 aromatic rings. The first-order valence-electron chi connectivity index (χ1n) is 10.3. The van der Waals surface area contributed by atoms with E-state index in [0.717, 1.165) is 35.8 Å². The van der Waals surface area contributed by atoms with Crippen molar-refractivity contribution in [3.8, 4) is 5.75 Å². The van der Waals surface area contributed by atoms with Crippen LogP contribution in [-0.4, -0.2) is 42.5 Å². The van der Waals surface area contributed by atoms with Crippen molar-refractivity contribution < 1.29 is 9.53 Å². The molecule has 0 fully saturated rings. The number of carbonyl (C=O) groups excluding carboxylic acids is 1. The second-order valence-electron chi connectivity index (χ2n) is 7.37. The van der Waals surface area contributed by atoms with E-state index in [1.54, 1.807) is 6.07 Å². The molecule has 7 nitrogen and oxygen atoms in total. The first-order valence-corrected chi connectivity index (χ1v) is 10.3. The molecule has 162 valence electrons. The number of hydrogen-bond acceptors (Lipinski definition) is 6. The Labute approximate surface area is 183 Å². The molecule has 0 aliphatic carbocycles. The van der Waals surface area contributed by atoms with E-state index in [4.69, 9.17) is 10.5 Å². The molecule has 2 aromatic carbocycles. The van der Waals surface area contributed by atoms with Gasteiger partial charge in [-0.25, -0.2) is 4.98 Å². The quantitative estimate of drug-likeness (QED) is 0.454. The largest absolute Gasteiger partial charge is 0.492 e. The predicted octanol–water partition coefficient (Wildman–Crippen LogP) is 4.31. The summed E-state index contributed by atoms with van der Waals surface area (Å²) in [7, 11) is 2.06. The second-order valence-corrected chi connectivity index (χ2v) is 7.37. The topological polar surface area (TPSA) is 92.5 Å². The molecule has 31 heavy (non-hydrogen) atoms. The number of nitrogens with one attached hydrogen (secondary N) is 2. The number of pyridine rings is 1. The van der Waals surface area contributed by atoms with Crippen molar-refractivity contribution in [2.24, 2.45) is 5.73 Å². The van der Waals surface area contributed by atoms with E-state index in [1.165, 1.54) is 6.20 Å². The SMILES string of the molecule is CCN(C)CCOc1ccc(Nc2cc(Nc3cccc(C)c3)c(C(N)=O)cn2)cc1. The molecule has 0 saturated heterocycles. The fourth-order valence-electron chi connectivity index (χ4n) is 2.96. The molecule has 4 N–H and O–H groups in total. The number of ether oxygens (including phenoxy) is 1. The zero-order valence-corrected chi connectivity index (χ0v) is 18.2. The summed E-state index contributed by atoms with van der Waals surface area (Å²) >= 11 is 0. The Kier molecular flexibility index (Phi) is 7.45. The van der Waals surface area contributed by atoms with Crippen LogP contribution in [0, 0.1) is 6.92 Å². The Morgan fingerprint density at radius 1 is 1.10 bits per heavy atom. The molecule has 0 aliphatic rings. The number of nitrogens with two attached hydrogens (primary N) is 1. The molecule has 0 spiro atoms. The molecule has 0 bridgehead atoms. The van der Waals surface area contributed by atoms with Crippen LogP contribution in [0.1, 0.15) is 22.8 Å². The summed E-state index contributed by atoms with van der Waals surface area (Å²) in [4.78, 5) is 18.4. The van der Waals surface area contributed by atoms with Crippen LogP contribution in [-0.2, 0) is 0 Å². The minimum absolute atomic E-state index is 0.327. The van der Waals surface area contributed by atoms with Gasteiger partial charge in [0.15, 0.2) is 0 Å². The van der Waals surface area contributed by atoms with Crippen LogP contribution in [0.2, 0.25) is 0 Å². The van der Waals surface area contributed by atoms with Crippen LogP contribution >= 0.6 is 0 Å². The number of rotatable bonds is 10. The molecule has 1 amide bonds. The fraction of sp³-hybridized carbons (Fsp3) is 0.250. The van der Waals surface area contributed by atoms with Gasteiger partial charge in [0.05, 0.1) is 11.3 Å². The lowest BCUT2D eigenvalue weighted by molar-refractivity contribution is 0.100. The molecular weight excluding hydrogens is 390 g/mol. The molecule has 0 aliphatic heterocycles. The normalized spacial score (nSPS) is 10.7. The Balaban J connectivity index is 1.70. The predicted molar refractivity (Wildman–Crippen MR) is 126 cm³/mol. The Morgan fingerprint density at radius 3 is 2.55 bits per heavy atom. The standard InChI is InChI=1S/C24H29N5O2/c1-4-29(3)12-13-31-20-10-8-18(9-11-20)28-23-15-22(21(16-26-23)24(25)30)27-19-7-5-6-17(2)14-19/h5-11,14-16H,4,12-13H2,1-3H3,(H2,25,30)(H2,26,27,28). The lowest BCUT2D eigenvalue weighted by Gasteiger charge is -2.15. The number of primary amides is 1. The number of hydrogen-bond donors (Lipinski definition) is 3. The average molecular weight is 420 g/mol. The van der Waals surface area contributed by atoms with E-state index >= 15 is 0 Å². The number of amides is 1. The molecule has 0 unspecified atom stereocenters. The lowest BCUT2D eigenvalue weighted by atomic mass is 10.2. The van der Waals surface area contributed by atoms with Crippen molar-refractivity contribution in [1.82, 2.24) is 9.88 Å². The number of likely N-dealkylation sites (N-methyl/N-ethyl adjacent to an activating group) is 1. The zero-order chi connectivity index (χ0) is 22.2. The van der Waals surface area contributed by atoms with Crippen LogP contribution in [0.3, 0.4) is 0 Å². The monoisotopic (exact) mass is 419 g/mol. The van der Waals surface area contributed by atoms with Gasteiger partial charge in [0, 0.05) is 30.2 Å². The zero-order valence-electron chi connectivity index (χ0n) is 18.2. The maximum Gasteiger partial charge on any atom is 0.252 e. The van der Waals surface area contributed by atoms with Crippen molar-refractivity contribution in [1.29, 1.82) is 0 Å². The molecule has 0 atom stereocenters. The lowest BCUT2D eigenvalue weighted by Crippen LogP contribution is -2.23. The highest BCUT2D eigenvalue weighted by molar-refractivity contribution is 5.99. The van der Waals surface area contributed by atoms with Gasteiger partial charge in [0.1, 0.15) is 18.2 Å². The molecule has 1 heterocycles. The summed E-state index contributed by atoms with van der Waals surface area (Å²) in [6, 6.07) is 17.3. The van der Waals surface area contributed by atoms with Gasteiger partial charge in [-0.1, -0.05) is 19.1 Å². The summed E-state index contributed by atoms with van der Waals surface area (Å²) in [6.45, 7) is 6.64.